The fraction of sp³-hybridized carbons (Fsp3) is 0.333. The number of H-pyrrole nitrogens is 1. The fourth-order valence-corrected chi connectivity index (χ4v) is 7.11. The lowest BCUT2D eigenvalue weighted by atomic mass is 9.99. The highest BCUT2D eigenvalue weighted by atomic mass is 16.6. The van der Waals surface area contributed by atoms with Gasteiger partial charge in [-0.3, -0.25) is 24.4 Å². The van der Waals surface area contributed by atoms with Gasteiger partial charge < -0.3 is 19.8 Å². The van der Waals surface area contributed by atoms with Crippen LogP contribution in [0.15, 0.2) is 85.2 Å². The van der Waals surface area contributed by atoms with Crippen LogP contribution in [0.1, 0.15) is 81.3 Å². The van der Waals surface area contributed by atoms with Gasteiger partial charge >= 0.3 is 12.2 Å². The molecule has 0 saturated carbocycles. The standard InChI is InChI=1S/C42H44N6O6/c1-26(49)37-33(46-39(50)36-13-9-19-48(36)40(51)53-25-27-10-6-5-7-11-27)22-32(23-43-37)30-15-14-29-21-31(17-16-28(29)20-30)34-24-44-38(45-34)35-12-8-18-47(35)41(52)54-42(2,3)4/h5-7,10-11,14-17,20-24,35-36H,8-9,12-13,18-19,25H2,1-4H3,(H,44,45)(H,46,50)/t35-,36-/m0/s1. The summed E-state index contributed by atoms with van der Waals surface area (Å²) in [6.07, 6.45) is 5.36. The van der Waals surface area contributed by atoms with Crippen LogP contribution in [-0.4, -0.2) is 73.4 Å². The van der Waals surface area contributed by atoms with Crippen LogP contribution in [0.4, 0.5) is 15.3 Å². The Hall–Kier alpha value is -6.04. The number of imidazole rings is 1. The first kappa shape index (κ1) is 36.3. The van der Waals surface area contributed by atoms with Crippen LogP contribution in [0.2, 0.25) is 0 Å². The van der Waals surface area contributed by atoms with E-state index in [1.807, 2.05) is 81.4 Å². The largest absolute Gasteiger partial charge is 0.445 e. The van der Waals surface area contributed by atoms with Gasteiger partial charge in [-0.05, 0) is 86.6 Å². The molecule has 0 radical (unpaired) electrons. The van der Waals surface area contributed by atoms with Crippen LogP contribution in [0, 0.1) is 0 Å². The van der Waals surface area contributed by atoms with E-state index in [2.05, 4.69) is 26.3 Å². The topological polar surface area (TPSA) is 147 Å². The Kier molecular flexibility index (Phi) is 10.2. The summed E-state index contributed by atoms with van der Waals surface area (Å²) in [6.45, 7) is 8.13. The number of pyridine rings is 1. The number of likely N-dealkylation sites (tertiary alicyclic amines) is 2. The first-order chi connectivity index (χ1) is 25.9. The number of amides is 3. The van der Waals surface area contributed by atoms with Crippen molar-refractivity contribution < 1.29 is 28.7 Å². The lowest BCUT2D eigenvalue weighted by Crippen LogP contribution is -2.43. The molecule has 2 aromatic heterocycles. The highest BCUT2D eigenvalue weighted by Crippen LogP contribution is 2.34. The lowest BCUT2D eigenvalue weighted by Gasteiger charge is -2.27. The van der Waals surface area contributed by atoms with E-state index in [-0.39, 0.29) is 35.9 Å². The molecule has 2 aliphatic rings. The van der Waals surface area contributed by atoms with Crippen molar-refractivity contribution in [1.82, 2.24) is 24.8 Å². The molecule has 3 aromatic carbocycles. The van der Waals surface area contributed by atoms with Crippen LogP contribution in [0.25, 0.3) is 33.2 Å². The van der Waals surface area contributed by atoms with Gasteiger partial charge in [0, 0.05) is 37.3 Å². The highest BCUT2D eigenvalue weighted by Gasteiger charge is 2.36. The predicted molar refractivity (Wildman–Crippen MR) is 205 cm³/mol. The minimum absolute atomic E-state index is 0.110. The van der Waals surface area contributed by atoms with Crippen LogP contribution in [0.3, 0.4) is 0 Å². The van der Waals surface area contributed by atoms with Crippen molar-refractivity contribution in [2.24, 2.45) is 0 Å². The Morgan fingerprint density at radius 3 is 2.26 bits per heavy atom. The zero-order valence-corrected chi connectivity index (χ0v) is 30.9. The SMILES string of the molecule is CC(=O)c1ncc(-c2ccc3cc(-c4cnc([C@@H]5CCCN5C(=O)OC(C)(C)C)[nH]4)ccc3c2)cc1NC(=O)[C@@H]1CCCN1C(=O)OCc1ccccc1. The van der Waals surface area contributed by atoms with E-state index < -0.39 is 23.6 Å². The molecule has 278 valence electrons. The average Bonchev–Trinajstić information content (AvgIpc) is 3.95. The minimum Gasteiger partial charge on any atom is -0.445 e. The number of anilines is 1. The number of nitrogens with one attached hydrogen (secondary N) is 2. The van der Waals surface area contributed by atoms with Crippen molar-refractivity contribution in [1.29, 1.82) is 0 Å². The summed E-state index contributed by atoms with van der Waals surface area (Å²) in [5.74, 6) is 0.0433. The average molecular weight is 729 g/mol. The smallest absolute Gasteiger partial charge is 0.410 e. The third-order valence-corrected chi connectivity index (χ3v) is 9.75. The maximum atomic E-state index is 13.6. The second kappa shape index (κ2) is 15.1. The second-order valence-electron chi connectivity index (χ2n) is 14.8. The Bertz CT molecular complexity index is 2210. The number of rotatable bonds is 8. The molecule has 2 N–H and O–H groups in total. The molecule has 2 saturated heterocycles. The summed E-state index contributed by atoms with van der Waals surface area (Å²) in [4.78, 5) is 67.7. The normalized spacial score (nSPS) is 17.1. The van der Waals surface area contributed by atoms with Crippen molar-refractivity contribution >= 4 is 40.3 Å². The highest BCUT2D eigenvalue weighted by molar-refractivity contribution is 6.05. The molecule has 54 heavy (non-hydrogen) atoms. The molecule has 2 fully saturated rings. The van der Waals surface area contributed by atoms with Gasteiger partial charge in [0.15, 0.2) is 5.78 Å². The number of hydrogen-bond donors (Lipinski definition) is 2. The quantitative estimate of drug-likeness (QED) is 0.152. The molecule has 12 nitrogen and oxygen atoms in total. The number of ketones is 1. The molecule has 0 spiro atoms. The summed E-state index contributed by atoms with van der Waals surface area (Å²) in [6, 6.07) is 22.4. The third-order valence-electron chi connectivity index (χ3n) is 9.75. The van der Waals surface area contributed by atoms with E-state index in [1.165, 1.54) is 11.8 Å². The van der Waals surface area contributed by atoms with E-state index in [9.17, 15) is 19.2 Å². The number of carbonyl (C=O) groups is 4. The Morgan fingerprint density at radius 1 is 0.815 bits per heavy atom. The molecule has 2 atom stereocenters. The van der Waals surface area contributed by atoms with Crippen molar-refractivity contribution in [2.45, 2.75) is 77.7 Å². The third kappa shape index (κ3) is 7.97. The first-order valence-corrected chi connectivity index (χ1v) is 18.3. The zero-order valence-electron chi connectivity index (χ0n) is 30.9. The van der Waals surface area contributed by atoms with Gasteiger partial charge in [0.2, 0.25) is 5.91 Å². The van der Waals surface area contributed by atoms with E-state index in [4.69, 9.17) is 9.47 Å². The van der Waals surface area contributed by atoms with Crippen molar-refractivity contribution in [2.75, 3.05) is 18.4 Å². The predicted octanol–water partition coefficient (Wildman–Crippen LogP) is 8.31. The van der Waals surface area contributed by atoms with Gasteiger partial charge in [-0.2, -0.15) is 0 Å². The molecular formula is C42H44N6O6. The van der Waals surface area contributed by atoms with Crippen LogP contribution in [0.5, 0.6) is 0 Å². The van der Waals surface area contributed by atoms with E-state index >= 15 is 0 Å². The Morgan fingerprint density at radius 2 is 1.52 bits per heavy atom. The molecule has 0 bridgehead atoms. The van der Waals surface area contributed by atoms with Gasteiger partial charge in [0.1, 0.15) is 29.8 Å². The molecule has 12 heteroatoms. The van der Waals surface area contributed by atoms with E-state index in [0.29, 0.717) is 25.9 Å². The Balaban J connectivity index is 1.06. The number of carbonyl (C=O) groups excluding carboxylic acids is 4. The minimum atomic E-state index is -0.736. The molecule has 3 amide bonds. The zero-order chi connectivity index (χ0) is 38.0. The number of aromatic amines is 1. The fourth-order valence-electron chi connectivity index (χ4n) is 7.11. The summed E-state index contributed by atoms with van der Waals surface area (Å²) in [5.41, 5.74) is 4.08. The molecule has 4 heterocycles. The maximum absolute atomic E-state index is 13.6. The monoisotopic (exact) mass is 728 g/mol. The molecule has 0 aliphatic carbocycles. The number of nitrogens with zero attached hydrogens (tertiary/aromatic N) is 4. The van der Waals surface area contributed by atoms with E-state index in [0.717, 1.165) is 57.4 Å². The van der Waals surface area contributed by atoms with Gasteiger partial charge in [-0.25, -0.2) is 14.6 Å². The number of benzene rings is 3. The van der Waals surface area contributed by atoms with Gasteiger partial charge in [0.25, 0.3) is 0 Å². The Labute approximate surface area is 313 Å². The van der Waals surface area contributed by atoms with Crippen LogP contribution < -0.4 is 5.32 Å². The maximum Gasteiger partial charge on any atom is 0.410 e. The van der Waals surface area contributed by atoms with Crippen LogP contribution >= 0.6 is 0 Å². The van der Waals surface area contributed by atoms with Crippen LogP contribution in [-0.2, 0) is 20.9 Å². The molecular weight excluding hydrogens is 684 g/mol. The van der Waals surface area contributed by atoms with Crippen molar-refractivity contribution in [3.05, 3.63) is 102 Å². The summed E-state index contributed by atoms with van der Waals surface area (Å²) in [5, 5.41) is 4.89. The second-order valence-corrected chi connectivity index (χ2v) is 14.8. The molecule has 5 aromatic rings. The molecule has 7 rings (SSSR count). The van der Waals surface area contributed by atoms with Gasteiger partial charge in [-0.1, -0.05) is 54.6 Å². The lowest BCUT2D eigenvalue weighted by molar-refractivity contribution is -0.120. The molecule has 0 unspecified atom stereocenters. The number of aromatic nitrogens is 3. The van der Waals surface area contributed by atoms with Gasteiger partial charge in [-0.15, -0.1) is 0 Å². The van der Waals surface area contributed by atoms with Crippen molar-refractivity contribution in [3.8, 4) is 22.4 Å². The van der Waals surface area contributed by atoms with Crippen molar-refractivity contribution in [3.63, 3.8) is 0 Å². The number of ether oxygens (including phenoxy) is 2. The van der Waals surface area contributed by atoms with Gasteiger partial charge in [0.05, 0.1) is 23.6 Å². The number of fused-ring (bicyclic) bond motifs is 1. The number of Topliss-reactive ketones (excluding diaryl/α,β-unsaturated/α-hetero) is 1. The first-order valence-electron chi connectivity index (χ1n) is 18.3. The summed E-state index contributed by atoms with van der Waals surface area (Å²) >= 11 is 0. The summed E-state index contributed by atoms with van der Waals surface area (Å²) < 4.78 is 11.2. The molecule has 2 aliphatic heterocycles. The van der Waals surface area contributed by atoms with E-state index in [1.54, 1.807) is 23.4 Å². The number of hydrogen-bond acceptors (Lipinski definition) is 8. The summed E-state index contributed by atoms with van der Waals surface area (Å²) in [7, 11) is 0.